The highest BCUT2D eigenvalue weighted by molar-refractivity contribution is 5.88. The van der Waals surface area contributed by atoms with Crippen LogP contribution in [-0.2, 0) is 24.4 Å². The summed E-state index contributed by atoms with van der Waals surface area (Å²) in [6.45, 7) is 9.89. The summed E-state index contributed by atoms with van der Waals surface area (Å²) in [5.74, 6) is -0.338. The van der Waals surface area contributed by atoms with E-state index in [0.29, 0.717) is 41.1 Å². The predicted octanol–water partition coefficient (Wildman–Crippen LogP) is 4.39. The predicted molar refractivity (Wildman–Crippen MR) is 119 cm³/mol. The second-order valence-corrected chi connectivity index (χ2v) is 7.98. The summed E-state index contributed by atoms with van der Waals surface area (Å²) >= 11 is 0. The highest BCUT2D eigenvalue weighted by Crippen LogP contribution is 2.36. The topological polar surface area (TPSA) is 93.5 Å². The average Bonchev–Trinajstić information content (AvgIpc) is 3.10. The minimum absolute atomic E-state index is 0.287. The summed E-state index contributed by atoms with van der Waals surface area (Å²) in [7, 11) is 0. The van der Waals surface area contributed by atoms with E-state index in [2.05, 4.69) is 16.6 Å². The molecule has 166 valence electrons. The van der Waals surface area contributed by atoms with Crippen molar-refractivity contribution in [2.24, 2.45) is 0 Å². The van der Waals surface area contributed by atoms with Crippen LogP contribution in [0.4, 0.5) is 9.18 Å². The second kappa shape index (κ2) is 8.11. The maximum Gasteiger partial charge on any atom is 0.506 e. The third-order valence-electron chi connectivity index (χ3n) is 5.95. The maximum absolute atomic E-state index is 14.3. The largest absolute Gasteiger partial charge is 0.506 e. The first kappa shape index (κ1) is 21.5. The molecule has 2 aromatic heterocycles. The Bertz CT molecular complexity index is 1340. The molecule has 0 bridgehead atoms. The van der Waals surface area contributed by atoms with E-state index >= 15 is 0 Å². The first-order chi connectivity index (χ1) is 15.2. The van der Waals surface area contributed by atoms with Crippen LogP contribution in [0.15, 0.2) is 35.3 Å². The molecule has 3 aromatic rings. The number of rotatable bonds is 6. The molecule has 0 saturated heterocycles. The number of halogens is 1. The third-order valence-corrected chi connectivity index (χ3v) is 5.95. The molecular weight excluding hydrogens is 413 g/mol. The van der Waals surface area contributed by atoms with E-state index in [-0.39, 0.29) is 23.5 Å². The Morgan fingerprint density at radius 3 is 2.72 bits per heavy atom. The molecule has 1 aliphatic heterocycles. The van der Waals surface area contributed by atoms with Crippen molar-refractivity contribution in [1.29, 1.82) is 0 Å². The van der Waals surface area contributed by atoms with Crippen LogP contribution in [0.25, 0.3) is 22.3 Å². The molecule has 1 aliphatic rings. The van der Waals surface area contributed by atoms with Gasteiger partial charge in [-0.15, -0.1) is 0 Å². The molecule has 2 N–H and O–H groups in total. The van der Waals surface area contributed by atoms with Crippen molar-refractivity contribution in [3.05, 3.63) is 74.5 Å². The first-order valence-corrected chi connectivity index (χ1v) is 10.3. The smallest absolute Gasteiger partial charge is 0.450 e. The maximum atomic E-state index is 14.3. The number of aryl methyl sites for hydroxylation is 2. The highest BCUT2D eigenvalue weighted by Gasteiger charge is 2.28. The van der Waals surface area contributed by atoms with Gasteiger partial charge < -0.3 is 19.7 Å². The van der Waals surface area contributed by atoms with Crippen LogP contribution in [0, 0.1) is 19.7 Å². The molecule has 0 aliphatic carbocycles. The molecule has 0 fully saturated rings. The number of allylic oxidation sites excluding steroid dienone is 1. The molecule has 0 amide bonds. The van der Waals surface area contributed by atoms with Gasteiger partial charge in [0, 0.05) is 29.3 Å². The summed E-state index contributed by atoms with van der Waals surface area (Å²) in [6, 6.07) is 5.01. The minimum atomic E-state index is -1.44. The van der Waals surface area contributed by atoms with Gasteiger partial charge in [0.2, 0.25) is 0 Å². The Morgan fingerprint density at radius 1 is 1.28 bits per heavy atom. The Morgan fingerprint density at radius 2 is 2.03 bits per heavy atom. The van der Waals surface area contributed by atoms with E-state index in [1.165, 1.54) is 6.07 Å². The lowest BCUT2D eigenvalue weighted by Crippen LogP contribution is -2.25. The van der Waals surface area contributed by atoms with Gasteiger partial charge in [0.15, 0.2) is 0 Å². The Kier molecular flexibility index (Phi) is 5.46. The lowest BCUT2D eigenvalue weighted by Gasteiger charge is -2.15. The van der Waals surface area contributed by atoms with Gasteiger partial charge >= 0.3 is 6.16 Å². The fraction of sp³-hybridized carbons (Fsp3) is 0.292. The quantitative estimate of drug-likeness (QED) is 0.435. The number of carboxylic acid groups (broad SMARTS) is 1. The second-order valence-electron chi connectivity index (χ2n) is 7.98. The monoisotopic (exact) mass is 437 g/mol. The van der Waals surface area contributed by atoms with Gasteiger partial charge in [0.05, 0.1) is 29.0 Å². The molecule has 0 unspecified atom stereocenters. The number of fused-ring (bicyclic) bond motifs is 4. The summed E-state index contributed by atoms with van der Waals surface area (Å²) in [4.78, 5) is 28.7. The van der Waals surface area contributed by atoms with E-state index < -0.39 is 6.16 Å². The number of benzene rings is 1. The number of pyridine rings is 2. The zero-order valence-corrected chi connectivity index (χ0v) is 18.2. The molecule has 3 heterocycles. The molecule has 7 nitrogen and oxygen atoms in total. The number of nitrogens with zero attached hydrogens (tertiary/aromatic N) is 2. The molecule has 32 heavy (non-hydrogen) atoms. The van der Waals surface area contributed by atoms with Gasteiger partial charge in [-0.05, 0) is 49.1 Å². The van der Waals surface area contributed by atoms with Crippen molar-refractivity contribution < 1.29 is 19.0 Å². The van der Waals surface area contributed by atoms with Crippen LogP contribution in [0.5, 0.6) is 0 Å². The van der Waals surface area contributed by atoms with Crippen molar-refractivity contribution >= 4 is 17.1 Å². The molecular formula is C24H24FN3O4. The number of aromatic nitrogens is 2. The Labute approximate surface area is 184 Å². The lowest BCUT2D eigenvalue weighted by atomic mass is 9.98. The highest BCUT2D eigenvalue weighted by atomic mass is 19.1. The number of ether oxygens (including phenoxy) is 1. The fourth-order valence-corrected chi connectivity index (χ4v) is 4.05. The molecule has 1 aromatic carbocycles. The van der Waals surface area contributed by atoms with Crippen molar-refractivity contribution in [1.82, 2.24) is 14.9 Å². The van der Waals surface area contributed by atoms with Crippen LogP contribution in [0.1, 0.15) is 41.2 Å². The number of carbonyl (C=O) groups is 1. The van der Waals surface area contributed by atoms with Crippen LogP contribution in [0.2, 0.25) is 0 Å². The fourth-order valence-electron chi connectivity index (χ4n) is 4.05. The van der Waals surface area contributed by atoms with Crippen LogP contribution >= 0.6 is 0 Å². The van der Waals surface area contributed by atoms with Crippen LogP contribution < -0.4 is 10.9 Å². The lowest BCUT2D eigenvalue weighted by molar-refractivity contribution is 0.0848. The third kappa shape index (κ3) is 3.62. The Hall–Kier alpha value is -3.68. The number of hydrogen-bond acceptors (Lipinski definition) is 5. The van der Waals surface area contributed by atoms with E-state index in [0.717, 1.165) is 28.6 Å². The van der Waals surface area contributed by atoms with Gasteiger partial charge in [-0.2, -0.15) is 0 Å². The van der Waals surface area contributed by atoms with Crippen molar-refractivity contribution in [2.45, 2.75) is 46.9 Å². The molecule has 0 atom stereocenters. The van der Waals surface area contributed by atoms with E-state index in [1.807, 2.05) is 6.92 Å². The molecule has 4 rings (SSSR count). The van der Waals surface area contributed by atoms with Crippen molar-refractivity contribution in [2.75, 3.05) is 0 Å². The van der Waals surface area contributed by atoms with E-state index in [9.17, 15) is 14.0 Å². The van der Waals surface area contributed by atoms with E-state index in [1.54, 1.807) is 30.5 Å². The molecule has 0 spiro atoms. The van der Waals surface area contributed by atoms with Crippen LogP contribution in [0.3, 0.4) is 0 Å². The molecule has 0 saturated carbocycles. The van der Waals surface area contributed by atoms with Crippen LogP contribution in [-0.4, -0.2) is 20.8 Å². The van der Waals surface area contributed by atoms with Gasteiger partial charge in [-0.25, -0.2) is 14.2 Å². The first-order valence-electron chi connectivity index (χ1n) is 10.3. The number of nitrogens with one attached hydrogen (secondary N) is 1. The minimum Gasteiger partial charge on any atom is -0.450 e. The Balaban J connectivity index is 1.91. The summed E-state index contributed by atoms with van der Waals surface area (Å²) in [5.41, 5.74) is 5.57. The zero-order chi connectivity index (χ0) is 23.2. The summed E-state index contributed by atoms with van der Waals surface area (Å²) in [6.07, 6.45) is -0.669. The zero-order valence-electron chi connectivity index (χ0n) is 18.2. The number of hydrogen-bond donors (Lipinski definition) is 2. The van der Waals surface area contributed by atoms with E-state index in [4.69, 9.17) is 10.1 Å². The SMILES string of the molecule is C=C(CC)NCc1c2c(nc3cc(F)c(C)cc13)-c1cc(C)c(COC(=O)O)c(=O)n1C2. The van der Waals surface area contributed by atoms with Crippen molar-refractivity contribution in [3.8, 4) is 11.4 Å². The molecule has 0 radical (unpaired) electrons. The molecule has 8 heteroatoms. The standard InChI is InChI=1S/C24H24FN3O4/c1-5-14(4)26-9-16-15-6-13(3)19(25)8-20(15)27-22-17(16)10-28-21(22)7-12(2)18(23(28)29)11-32-24(30)31/h6-8,26H,4-5,9-11H2,1-3H3,(H,30,31). The summed E-state index contributed by atoms with van der Waals surface area (Å²) in [5, 5.41) is 13.0. The van der Waals surface area contributed by atoms with Gasteiger partial charge in [0.1, 0.15) is 12.4 Å². The average molecular weight is 437 g/mol. The van der Waals surface area contributed by atoms with Gasteiger partial charge in [-0.3, -0.25) is 4.79 Å². The van der Waals surface area contributed by atoms with Gasteiger partial charge in [0.25, 0.3) is 5.56 Å². The van der Waals surface area contributed by atoms with Gasteiger partial charge in [-0.1, -0.05) is 13.5 Å². The normalized spacial score (nSPS) is 11.9. The summed E-state index contributed by atoms with van der Waals surface area (Å²) < 4.78 is 20.6. The van der Waals surface area contributed by atoms with Crippen molar-refractivity contribution in [3.63, 3.8) is 0 Å².